The van der Waals surface area contributed by atoms with Gasteiger partial charge in [-0.2, -0.15) is 0 Å². The first kappa shape index (κ1) is 14.6. The molecule has 1 aliphatic rings. The zero-order chi connectivity index (χ0) is 14.2. The van der Waals surface area contributed by atoms with Gasteiger partial charge in [-0.05, 0) is 18.3 Å². The fourth-order valence-corrected chi connectivity index (χ4v) is 2.93. The molecule has 106 valence electrons. The summed E-state index contributed by atoms with van der Waals surface area (Å²) in [6, 6.07) is 1.89. The molecule has 1 fully saturated rings. The number of hydrogen-bond acceptors (Lipinski definition) is 3. The van der Waals surface area contributed by atoms with Crippen molar-refractivity contribution in [3.8, 4) is 0 Å². The van der Waals surface area contributed by atoms with Crippen molar-refractivity contribution in [3.05, 3.63) is 17.0 Å². The van der Waals surface area contributed by atoms with Crippen LogP contribution in [0.4, 0.5) is 5.82 Å². The largest absolute Gasteiger partial charge is 0.356 e. The van der Waals surface area contributed by atoms with E-state index in [-0.39, 0.29) is 5.41 Å². The van der Waals surface area contributed by atoms with Gasteiger partial charge in [0.25, 0.3) is 0 Å². The maximum atomic E-state index is 6.17. The summed E-state index contributed by atoms with van der Waals surface area (Å²) in [5, 5.41) is 0.542. The van der Waals surface area contributed by atoms with Crippen molar-refractivity contribution in [2.75, 3.05) is 18.0 Å². The minimum atomic E-state index is -0.0767. The monoisotopic (exact) mass is 281 g/mol. The van der Waals surface area contributed by atoms with Gasteiger partial charge >= 0.3 is 0 Å². The lowest BCUT2D eigenvalue weighted by Gasteiger charge is -2.36. The molecule has 0 bridgehead atoms. The third-order valence-corrected chi connectivity index (χ3v) is 3.74. The van der Waals surface area contributed by atoms with Gasteiger partial charge in [-0.1, -0.05) is 46.2 Å². The quantitative estimate of drug-likeness (QED) is 0.731. The number of rotatable bonds is 1. The normalized spacial score (nSPS) is 24.6. The molecule has 2 unspecified atom stereocenters. The van der Waals surface area contributed by atoms with E-state index in [0.29, 0.717) is 17.0 Å². The third-order valence-electron chi connectivity index (χ3n) is 3.55. The SMILES string of the molecule is CC1CC(C)CN(c2cc(Cl)nc(C(C)(C)C)n2)C1. The summed E-state index contributed by atoms with van der Waals surface area (Å²) in [7, 11) is 0. The maximum absolute atomic E-state index is 6.17. The molecule has 1 saturated heterocycles. The fraction of sp³-hybridized carbons (Fsp3) is 0.733. The molecule has 0 amide bonds. The van der Waals surface area contributed by atoms with Crippen molar-refractivity contribution in [2.45, 2.75) is 46.5 Å². The van der Waals surface area contributed by atoms with Crippen LogP contribution in [0.1, 0.15) is 46.9 Å². The minimum Gasteiger partial charge on any atom is -0.356 e. The highest BCUT2D eigenvalue weighted by molar-refractivity contribution is 6.29. The van der Waals surface area contributed by atoms with Gasteiger partial charge in [0, 0.05) is 24.6 Å². The van der Waals surface area contributed by atoms with Crippen molar-refractivity contribution < 1.29 is 0 Å². The average Bonchev–Trinajstić information content (AvgIpc) is 2.25. The van der Waals surface area contributed by atoms with Crippen molar-refractivity contribution in [1.82, 2.24) is 9.97 Å². The van der Waals surface area contributed by atoms with Crippen molar-refractivity contribution in [3.63, 3.8) is 0 Å². The second-order valence-corrected chi connectivity index (χ2v) is 7.36. The lowest BCUT2D eigenvalue weighted by molar-refractivity contribution is 0.354. The predicted octanol–water partition coefficient (Wildman–Crippen LogP) is 3.91. The summed E-state index contributed by atoms with van der Waals surface area (Å²) in [6.07, 6.45) is 1.29. The zero-order valence-electron chi connectivity index (χ0n) is 12.6. The van der Waals surface area contributed by atoms with E-state index in [1.807, 2.05) is 6.07 Å². The molecule has 2 heterocycles. The molecule has 2 rings (SSSR count). The minimum absolute atomic E-state index is 0.0767. The molecule has 1 aromatic rings. The van der Waals surface area contributed by atoms with E-state index >= 15 is 0 Å². The van der Waals surface area contributed by atoms with E-state index in [2.05, 4.69) is 44.5 Å². The van der Waals surface area contributed by atoms with Gasteiger partial charge in [0.15, 0.2) is 0 Å². The van der Waals surface area contributed by atoms with Crippen LogP contribution in [0.5, 0.6) is 0 Å². The third kappa shape index (κ3) is 3.59. The second-order valence-electron chi connectivity index (χ2n) is 6.97. The molecular formula is C15H24ClN3. The Kier molecular flexibility index (Phi) is 4.05. The summed E-state index contributed by atoms with van der Waals surface area (Å²) < 4.78 is 0. The molecule has 0 radical (unpaired) electrons. The zero-order valence-corrected chi connectivity index (χ0v) is 13.3. The van der Waals surface area contributed by atoms with Crippen LogP contribution in [0.3, 0.4) is 0 Å². The molecule has 0 aliphatic carbocycles. The summed E-state index contributed by atoms with van der Waals surface area (Å²) >= 11 is 6.17. The van der Waals surface area contributed by atoms with Gasteiger partial charge in [0.2, 0.25) is 0 Å². The standard InChI is InChI=1S/C15H24ClN3/c1-10-6-11(2)9-19(8-10)13-7-12(16)17-14(18-13)15(3,4)5/h7,10-11H,6,8-9H2,1-5H3. The van der Waals surface area contributed by atoms with Gasteiger partial charge in [-0.25, -0.2) is 9.97 Å². The van der Waals surface area contributed by atoms with Crippen molar-refractivity contribution in [2.24, 2.45) is 11.8 Å². The van der Waals surface area contributed by atoms with Gasteiger partial charge < -0.3 is 4.90 Å². The van der Waals surface area contributed by atoms with Crippen LogP contribution in [0.15, 0.2) is 6.07 Å². The van der Waals surface area contributed by atoms with E-state index in [4.69, 9.17) is 16.6 Å². The molecule has 1 aromatic heterocycles. The van der Waals surface area contributed by atoms with Crippen LogP contribution in [0, 0.1) is 11.8 Å². The van der Waals surface area contributed by atoms with Gasteiger partial charge in [0.05, 0.1) is 0 Å². The number of anilines is 1. The van der Waals surface area contributed by atoms with Gasteiger partial charge in [-0.3, -0.25) is 0 Å². The Labute approximate surface area is 121 Å². The molecule has 0 aromatic carbocycles. The van der Waals surface area contributed by atoms with Crippen LogP contribution in [0.25, 0.3) is 0 Å². The van der Waals surface area contributed by atoms with Crippen LogP contribution >= 0.6 is 11.6 Å². The van der Waals surface area contributed by atoms with Crippen LogP contribution < -0.4 is 4.90 Å². The highest BCUT2D eigenvalue weighted by Gasteiger charge is 2.25. The van der Waals surface area contributed by atoms with Gasteiger partial charge in [0.1, 0.15) is 16.8 Å². The summed E-state index contributed by atoms with van der Waals surface area (Å²) in [5.74, 6) is 3.20. The first-order valence-corrected chi connectivity index (χ1v) is 7.43. The smallest absolute Gasteiger partial charge is 0.137 e. The summed E-state index contributed by atoms with van der Waals surface area (Å²) in [5.41, 5.74) is -0.0767. The molecule has 0 N–H and O–H groups in total. The Morgan fingerprint density at radius 2 is 1.74 bits per heavy atom. The Hall–Kier alpha value is -0.830. The number of hydrogen-bond donors (Lipinski definition) is 0. The lowest BCUT2D eigenvalue weighted by Crippen LogP contribution is -2.39. The number of piperidine rings is 1. The summed E-state index contributed by atoms with van der Waals surface area (Å²) in [6.45, 7) is 13.1. The van der Waals surface area contributed by atoms with E-state index in [0.717, 1.165) is 24.7 Å². The molecule has 1 aliphatic heterocycles. The van der Waals surface area contributed by atoms with Crippen molar-refractivity contribution >= 4 is 17.4 Å². The highest BCUT2D eigenvalue weighted by Crippen LogP contribution is 2.28. The van der Waals surface area contributed by atoms with E-state index < -0.39 is 0 Å². The molecule has 19 heavy (non-hydrogen) atoms. The van der Waals surface area contributed by atoms with Crippen LogP contribution in [-0.4, -0.2) is 23.1 Å². The van der Waals surface area contributed by atoms with Gasteiger partial charge in [-0.15, -0.1) is 0 Å². The molecule has 0 saturated carbocycles. The molecule has 3 nitrogen and oxygen atoms in total. The number of halogens is 1. The molecular weight excluding hydrogens is 258 g/mol. The number of aromatic nitrogens is 2. The highest BCUT2D eigenvalue weighted by atomic mass is 35.5. The average molecular weight is 282 g/mol. The number of nitrogens with zero attached hydrogens (tertiary/aromatic N) is 3. The topological polar surface area (TPSA) is 29.0 Å². The summed E-state index contributed by atoms with van der Waals surface area (Å²) in [4.78, 5) is 11.4. The molecule has 4 heteroatoms. The first-order valence-electron chi connectivity index (χ1n) is 7.05. The van der Waals surface area contributed by atoms with Crippen molar-refractivity contribution in [1.29, 1.82) is 0 Å². The lowest BCUT2D eigenvalue weighted by atomic mass is 9.92. The van der Waals surface area contributed by atoms with Crippen LogP contribution in [0.2, 0.25) is 5.15 Å². The fourth-order valence-electron chi connectivity index (χ4n) is 2.75. The second kappa shape index (κ2) is 5.28. The Morgan fingerprint density at radius 3 is 2.26 bits per heavy atom. The molecule has 2 atom stereocenters. The van der Waals surface area contributed by atoms with Crippen LogP contribution in [-0.2, 0) is 5.41 Å². The Bertz CT molecular complexity index is 443. The first-order chi connectivity index (χ1) is 8.75. The van der Waals surface area contributed by atoms with E-state index in [9.17, 15) is 0 Å². The molecule has 0 spiro atoms. The van der Waals surface area contributed by atoms with E-state index in [1.54, 1.807) is 0 Å². The maximum Gasteiger partial charge on any atom is 0.137 e. The van der Waals surface area contributed by atoms with E-state index in [1.165, 1.54) is 6.42 Å². The predicted molar refractivity (Wildman–Crippen MR) is 80.9 cm³/mol. The Morgan fingerprint density at radius 1 is 1.16 bits per heavy atom. The Balaban J connectivity index is 2.31.